The van der Waals surface area contributed by atoms with Gasteiger partial charge in [0.1, 0.15) is 5.00 Å². The minimum atomic E-state index is -0.729. The molecular weight excluding hydrogens is 346 g/mol. The van der Waals surface area contributed by atoms with Crippen LogP contribution in [0.5, 0.6) is 0 Å². The first-order valence-corrected chi connectivity index (χ1v) is 8.70. The molecule has 3 N–H and O–H groups in total. The van der Waals surface area contributed by atoms with Gasteiger partial charge in [-0.05, 0) is 25.8 Å². The molecular formula is C16H23N3O5S. The van der Waals surface area contributed by atoms with Gasteiger partial charge in [-0.25, -0.2) is 9.59 Å². The molecule has 9 heteroatoms. The summed E-state index contributed by atoms with van der Waals surface area (Å²) in [4.78, 5) is 47.4. The van der Waals surface area contributed by atoms with E-state index in [-0.39, 0.29) is 11.5 Å². The molecule has 0 radical (unpaired) electrons. The third-order valence-corrected chi connectivity index (χ3v) is 4.40. The van der Waals surface area contributed by atoms with Crippen LogP contribution >= 0.6 is 11.3 Å². The van der Waals surface area contributed by atoms with Gasteiger partial charge in [-0.1, -0.05) is 13.3 Å². The Bertz CT molecular complexity index is 669. The number of carbonyl (C=O) groups is 4. The highest BCUT2D eigenvalue weighted by atomic mass is 32.1. The summed E-state index contributed by atoms with van der Waals surface area (Å²) < 4.78 is 4.96. The highest BCUT2D eigenvalue weighted by Crippen LogP contribution is 2.32. The molecule has 0 saturated carbocycles. The average molecular weight is 369 g/mol. The maximum absolute atomic E-state index is 12.2. The van der Waals surface area contributed by atoms with Crippen LogP contribution < -0.4 is 16.0 Å². The number of esters is 1. The molecule has 1 rings (SSSR count). The number of thiophene rings is 1. The van der Waals surface area contributed by atoms with Crippen LogP contribution in [0.25, 0.3) is 0 Å². The molecule has 25 heavy (non-hydrogen) atoms. The molecule has 0 aromatic carbocycles. The van der Waals surface area contributed by atoms with Crippen LogP contribution in [0.1, 0.15) is 47.5 Å². The molecule has 138 valence electrons. The number of carbonyl (C=O) groups excluding carboxylic acids is 4. The van der Waals surface area contributed by atoms with E-state index in [9.17, 15) is 19.2 Å². The number of imide groups is 1. The van der Waals surface area contributed by atoms with Gasteiger partial charge in [0.2, 0.25) is 5.91 Å². The van der Waals surface area contributed by atoms with Gasteiger partial charge < -0.3 is 15.4 Å². The van der Waals surface area contributed by atoms with Crippen molar-refractivity contribution < 1.29 is 23.9 Å². The molecule has 0 unspecified atom stereocenters. The second kappa shape index (κ2) is 9.77. The van der Waals surface area contributed by atoms with E-state index in [1.165, 1.54) is 18.3 Å². The minimum absolute atomic E-state index is 0.220. The Morgan fingerprint density at radius 1 is 1.16 bits per heavy atom. The van der Waals surface area contributed by atoms with Crippen LogP contribution in [-0.4, -0.2) is 37.0 Å². The van der Waals surface area contributed by atoms with Crippen molar-refractivity contribution in [2.75, 3.05) is 18.5 Å². The number of nitrogens with one attached hydrogen (secondary N) is 3. The summed E-state index contributed by atoms with van der Waals surface area (Å²) >= 11 is 1.26. The number of urea groups is 1. The SMILES string of the molecule is CCCCNC(=O)NC(=O)COC(=O)c1c(NC(C)=O)sc(C)c1C. The van der Waals surface area contributed by atoms with Gasteiger partial charge in [0.15, 0.2) is 6.61 Å². The number of anilines is 1. The third-order valence-electron chi connectivity index (χ3n) is 3.28. The van der Waals surface area contributed by atoms with Crippen LogP contribution in [-0.2, 0) is 14.3 Å². The molecule has 4 amide bonds. The fourth-order valence-electron chi connectivity index (χ4n) is 1.91. The molecule has 0 spiro atoms. The van der Waals surface area contributed by atoms with Crippen LogP contribution in [0.15, 0.2) is 0 Å². The first-order chi connectivity index (χ1) is 11.8. The Morgan fingerprint density at radius 3 is 2.44 bits per heavy atom. The van der Waals surface area contributed by atoms with Crippen molar-refractivity contribution in [2.45, 2.75) is 40.5 Å². The van der Waals surface area contributed by atoms with Crippen LogP contribution in [0, 0.1) is 13.8 Å². The van der Waals surface area contributed by atoms with Gasteiger partial charge >= 0.3 is 12.0 Å². The first kappa shape index (κ1) is 20.6. The second-order valence-corrected chi connectivity index (χ2v) is 6.63. The van der Waals surface area contributed by atoms with Crippen molar-refractivity contribution in [2.24, 2.45) is 0 Å². The Balaban J connectivity index is 2.61. The zero-order chi connectivity index (χ0) is 19.0. The summed E-state index contributed by atoms with van der Waals surface area (Å²) in [5, 5.41) is 7.56. The van der Waals surface area contributed by atoms with Crippen LogP contribution in [0.3, 0.4) is 0 Å². The highest BCUT2D eigenvalue weighted by Gasteiger charge is 2.22. The molecule has 0 atom stereocenters. The molecule has 0 saturated heterocycles. The predicted molar refractivity (Wildman–Crippen MR) is 94.8 cm³/mol. The first-order valence-electron chi connectivity index (χ1n) is 7.88. The Hall–Kier alpha value is -2.42. The van der Waals surface area contributed by atoms with E-state index in [0.717, 1.165) is 17.7 Å². The highest BCUT2D eigenvalue weighted by molar-refractivity contribution is 7.16. The minimum Gasteiger partial charge on any atom is -0.452 e. The predicted octanol–water partition coefficient (Wildman–Crippen LogP) is 2.11. The molecule has 0 aliphatic heterocycles. The van der Waals surface area contributed by atoms with Crippen molar-refractivity contribution in [3.8, 4) is 0 Å². The third kappa shape index (κ3) is 6.54. The summed E-state index contributed by atoms with van der Waals surface area (Å²) in [6, 6.07) is -0.629. The largest absolute Gasteiger partial charge is 0.452 e. The number of amides is 4. The molecule has 0 bridgehead atoms. The van der Waals surface area contributed by atoms with Gasteiger partial charge in [0.05, 0.1) is 5.56 Å². The quantitative estimate of drug-likeness (QED) is 0.503. The molecule has 1 heterocycles. The number of aryl methyl sites for hydroxylation is 1. The van der Waals surface area contributed by atoms with Gasteiger partial charge in [-0.2, -0.15) is 0 Å². The van der Waals surface area contributed by atoms with E-state index in [2.05, 4.69) is 16.0 Å². The van der Waals surface area contributed by atoms with Crippen LogP contribution in [0.4, 0.5) is 9.80 Å². The zero-order valence-electron chi connectivity index (χ0n) is 14.8. The Morgan fingerprint density at radius 2 is 1.84 bits per heavy atom. The standard InChI is InChI=1S/C16H23N3O5S/c1-5-6-7-17-16(23)19-12(21)8-24-15(22)13-9(2)10(3)25-14(13)18-11(4)20/h5-8H2,1-4H3,(H,18,20)(H2,17,19,21,23). The number of hydrogen-bond acceptors (Lipinski definition) is 6. The van der Waals surface area contributed by atoms with E-state index >= 15 is 0 Å². The van der Waals surface area contributed by atoms with Crippen molar-refractivity contribution in [3.05, 3.63) is 16.0 Å². The molecule has 0 aliphatic carbocycles. The number of unbranched alkanes of at least 4 members (excludes halogenated alkanes) is 1. The average Bonchev–Trinajstić information content (AvgIpc) is 2.79. The number of rotatable bonds is 7. The van der Waals surface area contributed by atoms with Gasteiger partial charge in [-0.15, -0.1) is 11.3 Å². The molecule has 1 aromatic rings. The van der Waals surface area contributed by atoms with Crippen molar-refractivity contribution in [1.82, 2.24) is 10.6 Å². The summed E-state index contributed by atoms with van der Waals surface area (Å²) in [5.41, 5.74) is 0.898. The zero-order valence-corrected chi connectivity index (χ0v) is 15.6. The maximum Gasteiger partial charge on any atom is 0.341 e. The van der Waals surface area contributed by atoms with E-state index < -0.39 is 24.5 Å². The van der Waals surface area contributed by atoms with E-state index in [0.29, 0.717) is 17.1 Å². The van der Waals surface area contributed by atoms with Gasteiger partial charge in [0.25, 0.3) is 5.91 Å². The summed E-state index contributed by atoms with van der Waals surface area (Å²) in [5.74, 6) is -1.77. The van der Waals surface area contributed by atoms with Crippen molar-refractivity contribution in [1.29, 1.82) is 0 Å². The van der Waals surface area contributed by atoms with Gasteiger partial charge in [-0.3, -0.25) is 14.9 Å². The lowest BCUT2D eigenvalue weighted by atomic mass is 10.1. The smallest absolute Gasteiger partial charge is 0.341 e. The Labute approximate surface area is 150 Å². The normalized spacial score (nSPS) is 10.1. The topological polar surface area (TPSA) is 114 Å². The molecule has 0 aliphatic rings. The fourth-order valence-corrected chi connectivity index (χ4v) is 3.00. The fraction of sp³-hybridized carbons (Fsp3) is 0.500. The van der Waals surface area contributed by atoms with Crippen molar-refractivity contribution >= 4 is 40.2 Å². The van der Waals surface area contributed by atoms with E-state index in [1.54, 1.807) is 6.92 Å². The number of ether oxygens (including phenoxy) is 1. The number of hydrogen-bond donors (Lipinski definition) is 3. The lowest BCUT2D eigenvalue weighted by Gasteiger charge is -2.08. The summed E-state index contributed by atoms with van der Waals surface area (Å²) in [6.45, 7) is 6.73. The molecule has 8 nitrogen and oxygen atoms in total. The van der Waals surface area contributed by atoms with E-state index in [1.807, 2.05) is 13.8 Å². The monoisotopic (exact) mass is 369 g/mol. The van der Waals surface area contributed by atoms with E-state index in [4.69, 9.17) is 4.74 Å². The maximum atomic E-state index is 12.2. The summed E-state index contributed by atoms with van der Waals surface area (Å²) in [7, 11) is 0. The van der Waals surface area contributed by atoms with Crippen molar-refractivity contribution in [3.63, 3.8) is 0 Å². The lowest BCUT2D eigenvalue weighted by molar-refractivity contribution is -0.123. The Kier molecular flexibility index (Phi) is 8.06. The molecule has 1 aromatic heterocycles. The van der Waals surface area contributed by atoms with Gasteiger partial charge in [0, 0.05) is 18.3 Å². The summed E-state index contributed by atoms with van der Waals surface area (Å²) in [6.07, 6.45) is 1.72. The lowest BCUT2D eigenvalue weighted by Crippen LogP contribution is -2.41. The molecule has 0 fully saturated rings. The second-order valence-electron chi connectivity index (χ2n) is 5.40. The van der Waals surface area contributed by atoms with Crippen LogP contribution in [0.2, 0.25) is 0 Å².